The van der Waals surface area contributed by atoms with Crippen LogP contribution >= 0.6 is 0 Å². The van der Waals surface area contributed by atoms with Crippen LogP contribution in [0.4, 0.5) is 26.3 Å². The highest BCUT2D eigenvalue weighted by molar-refractivity contribution is 7.85. The number of carbonyl (C=O) groups is 1. The summed E-state index contributed by atoms with van der Waals surface area (Å²) >= 11 is 0. The maximum atomic E-state index is 12.9. The Morgan fingerprint density at radius 3 is 1.79 bits per heavy atom. The largest absolute Gasteiger partial charge is 0.438 e. The molecule has 144 valence electrons. The number of esters is 1. The van der Waals surface area contributed by atoms with Crippen LogP contribution in [0.2, 0.25) is 0 Å². The molecule has 0 aromatic heterocycles. The van der Waals surface area contributed by atoms with E-state index in [0.717, 1.165) is 12.8 Å². The van der Waals surface area contributed by atoms with Crippen molar-refractivity contribution in [3.8, 4) is 0 Å². The van der Waals surface area contributed by atoms with Gasteiger partial charge in [-0.3, -0.25) is 9.35 Å². The lowest BCUT2D eigenvalue weighted by atomic mass is 10.1. The fourth-order valence-electron chi connectivity index (χ4n) is 1.84. The van der Waals surface area contributed by atoms with Crippen molar-refractivity contribution in [3.05, 3.63) is 0 Å². The molecule has 0 amide bonds. The summed E-state index contributed by atoms with van der Waals surface area (Å²) in [5, 5.41) is 0. The zero-order valence-corrected chi connectivity index (χ0v) is 13.5. The van der Waals surface area contributed by atoms with Crippen LogP contribution in [0.1, 0.15) is 45.4 Å². The molecule has 24 heavy (non-hydrogen) atoms. The molecule has 0 atom stereocenters. The molecule has 0 fully saturated rings. The molecule has 0 heterocycles. The molecule has 5 nitrogen and oxygen atoms in total. The molecule has 0 aromatic rings. The van der Waals surface area contributed by atoms with Gasteiger partial charge in [0.2, 0.25) is 0 Å². The maximum absolute atomic E-state index is 12.9. The fraction of sp³-hybridized carbons (Fsp3) is 0.917. The van der Waals surface area contributed by atoms with Crippen LogP contribution < -0.4 is 0 Å². The van der Waals surface area contributed by atoms with Gasteiger partial charge < -0.3 is 4.74 Å². The standard InChI is InChI=1S/C12H18F6O5S/c1-2-3-4-5-6-7-9(19)23-10(11(13,14)15,12(16,17)18)8-24(20,21)22/h2-8H2,1H3,(H,20,21,22). The monoisotopic (exact) mass is 388 g/mol. The van der Waals surface area contributed by atoms with Crippen molar-refractivity contribution in [1.29, 1.82) is 0 Å². The Kier molecular flexibility index (Phi) is 8.00. The van der Waals surface area contributed by atoms with Crippen LogP contribution in [0.25, 0.3) is 0 Å². The highest BCUT2D eigenvalue weighted by Gasteiger charge is 2.75. The molecule has 0 rings (SSSR count). The van der Waals surface area contributed by atoms with Gasteiger partial charge in [-0.15, -0.1) is 0 Å². The molecule has 1 N–H and O–H groups in total. The maximum Gasteiger partial charge on any atom is 0.438 e. The van der Waals surface area contributed by atoms with Crippen molar-refractivity contribution in [3.63, 3.8) is 0 Å². The van der Waals surface area contributed by atoms with Crippen molar-refractivity contribution < 1.29 is 48.8 Å². The lowest BCUT2D eigenvalue weighted by Crippen LogP contribution is -2.63. The number of halogens is 6. The second-order valence-corrected chi connectivity index (χ2v) is 6.64. The summed E-state index contributed by atoms with van der Waals surface area (Å²) in [5.41, 5.74) is -5.31. The van der Waals surface area contributed by atoms with E-state index in [4.69, 9.17) is 4.55 Å². The summed E-state index contributed by atoms with van der Waals surface area (Å²) in [5.74, 6) is -4.70. The number of hydrogen-bond acceptors (Lipinski definition) is 4. The van der Waals surface area contributed by atoms with E-state index in [1.165, 1.54) is 0 Å². The molecule has 12 heteroatoms. The van der Waals surface area contributed by atoms with E-state index in [1.54, 1.807) is 0 Å². The van der Waals surface area contributed by atoms with Gasteiger partial charge in [-0.1, -0.05) is 32.6 Å². The Bertz CT molecular complexity index is 497. The first kappa shape index (κ1) is 23.0. The summed E-state index contributed by atoms with van der Waals surface area (Å²) < 4.78 is 110. The van der Waals surface area contributed by atoms with Crippen molar-refractivity contribution >= 4 is 16.1 Å². The average Bonchev–Trinajstić information content (AvgIpc) is 2.33. The molecule has 0 saturated heterocycles. The summed E-state index contributed by atoms with van der Waals surface area (Å²) in [4.78, 5) is 11.4. The van der Waals surface area contributed by atoms with Gasteiger partial charge in [0.1, 0.15) is 5.75 Å². The molecule has 0 unspecified atom stereocenters. The summed E-state index contributed by atoms with van der Waals surface area (Å²) in [6.45, 7) is 1.88. The van der Waals surface area contributed by atoms with Gasteiger partial charge in [-0.25, -0.2) is 0 Å². The van der Waals surface area contributed by atoms with Gasteiger partial charge in [0.25, 0.3) is 10.1 Å². The third-order valence-electron chi connectivity index (χ3n) is 3.07. The van der Waals surface area contributed by atoms with Crippen molar-refractivity contribution in [2.24, 2.45) is 0 Å². The number of rotatable bonds is 9. The Morgan fingerprint density at radius 1 is 0.958 bits per heavy atom. The van der Waals surface area contributed by atoms with E-state index in [2.05, 4.69) is 4.74 Å². The molecule has 0 saturated carbocycles. The molecular weight excluding hydrogens is 370 g/mol. The second-order valence-electron chi connectivity index (χ2n) is 5.19. The van der Waals surface area contributed by atoms with E-state index in [-0.39, 0.29) is 6.42 Å². The van der Waals surface area contributed by atoms with E-state index in [9.17, 15) is 39.6 Å². The van der Waals surface area contributed by atoms with Crippen LogP contribution in [0.3, 0.4) is 0 Å². The topological polar surface area (TPSA) is 80.7 Å². The smallest absolute Gasteiger partial charge is 0.438 e. The van der Waals surface area contributed by atoms with Crippen LogP contribution in [-0.2, 0) is 19.6 Å². The Labute approximate surface area is 135 Å². The van der Waals surface area contributed by atoms with Gasteiger partial charge >= 0.3 is 23.9 Å². The normalized spacial score (nSPS) is 13.8. The highest BCUT2D eigenvalue weighted by atomic mass is 32.2. The zero-order chi connectivity index (χ0) is 19.2. The fourth-order valence-corrected chi connectivity index (χ4v) is 2.74. The Morgan fingerprint density at radius 2 is 1.42 bits per heavy atom. The second kappa shape index (κ2) is 8.37. The van der Waals surface area contributed by atoms with Gasteiger partial charge in [0, 0.05) is 6.42 Å². The minimum atomic E-state index is -6.28. The Hall–Kier alpha value is -1.04. The van der Waals surface area contributed by atoms with E-state index in [1.807, 2.05) is 6.92 Å². The molecular formula is C12H18F6O5S. The minimum Gasteiger partial charge on any atom is -0.438 e. The molecule has 0 aliphatic heterocycles. The van der Waals surface area contributed by atoms with E-state index in [0.29, 0.717) is 12.8 Å². The molecule has 0 spiro atoms. The Balaban J connectivity index is 5.31. The molecule has 0 aliphatic rings. The molecule has 0 bridgehead atoms. The first-order valence-electron chi connectivity index (χ1n) is 6.97. The van der Waals surface area contributed by atoms with Crippen LogP contribution in [0.5, 0.6) is 0 Å². The minimum absolute atomic E-state index is 0.00347. The van der Waals surface area contributed by atoms with Gasteiger partial charge in [-0.05, 0) is 6.42 Å². The third kappa shape index (κ3) is 6.83. The molecule has 0 aromatic carbocycles. The summed E-state index contributed by atoms with van der Waals surface area (Å²) in [6, 6.07) is 0. The zero-order valence-electron chi connectivity index (χ0n) is 12.7. The van der Waals surface area contributed by atoms with Crippen LogP contribution in [-0.4, -0.2) is 42.6 Å². The first-order chi connectivity index (χ1) is 10.7. The summed E-state index contributed by atoms with van der Waals surface area (Å²) in [6.07, 6.45) is -10.6. The number of alkyl halides is 6. The van der Waals surface area contributed by atoms with Gasteiger partial charge in [-0.2, -0.15) is 34.8 Å². The van der Waals surface area contributed by atoms with E-state index < -0.39 is 46.2 Å². The molecule has 0 aliphatic carbocycles. The summed E-state index contributed by atoms with van der Waals surface area (Å²) in [7, 11) is -5.74. The van der Waals surface area contributed by atoms with Crippen molar-refractivity contribution in [1.82, 2.24) is 0 Å². The average molecular weight is 388 g/mol. The van der Waals surface area contributed by atoms with Gasteiger partial charge in [0.15, 0.2) is 0 Å². The number of unbranched alkanes of at least 4 members (excludes halogenated alkanes) is 4. The first-order valence-corrected chi connectivity index (χ1v) is 8.57. The van der Waals surface area contributed by atoms with Crippen molar-refractivity contribution in [2.45, 2.75) is 63.4 Å². The predicted molar refractivity (Wildman–Crippen MR) is 70.7 cm³/mol. The third-order valence-corrected chi connectivity index (χ3v) is 3.85. The highest BCUT2D eigenvalue weighted by Crippen LogP contribution is 2.47. The predicted octanol–water partition coefficient (Wildman–Crippen LogP) is 3.64. The van der Waals surface area contributed by atoms with Crippen LogP contribution in [0, 0.1) is 0 Å². The lowest BCUT2D eigenvalue weighted by molar-refractivity contribution is -0.361. The number of ether oxygens (including phenoxy) is 1. The van der Waals surface area contributed by atoms with Crippen LogP contribution in [0.15, 0.2) is 0 Å². The molecule has 0 radical (unpaired) electrons. The number of carbonyl (C=O) groups excluding carboxylic acids is 1. The van der Waals surface area contributed by atoms with E-state index >= 15 is 0 Å². The lowest BCUT2D eigenvalue weighted by Gasteiger charge is -2.35. The van der Waals surface area contributed by atoms with Gasteiger partial charge in [0.05, 0.1) is 0 Å². The SMILES string of the molecule is CCCCCCCC(=O)OC(CS(=O)(=O)O)(C(F)(F)F)C(F)(F)F. The quantitative estimate of drug-likeness (QED) is 0.282. The number of hydrogen-bond donors (Lipinski definition) is 1. The van der Waals surface area contributed by atoms with Crippen molar-refractivity contribution in [2.75, 3.05) is 5.75 Å².